The van der Waals surface area contributed by atoms with Gasteiger partial charge in [0.25, 0.3) is 5.91 Å². The lowest BCUT2D eigenvalue weighted by atomic mass is 9.95. The van der Waals surface area contributed by atoms with Gasteiger partial charge < -0.3 is 19.7 Å². The standard InChI is InChI=1S/C20H22N2O4/c1-21-9-14(7-8-17(21)25)19(26)22-10-16(24)20(12-22)15(11-23)18(20)13-5-3-2-4-6-13/h2-9,15-16,18,23-24H,10-12H2,1H3/t15-,16+,18-,20-/m1/s1. The average Bonchev–Trinajstić information content (AvgIpc) is 3.19. The van der Waals surface area contributed by atoms with Gasteiger partial charge in [-0.2, -0.15) is 0 Å². The Morgan fingerprint density at radius 3 is 2.62 bits per heavy atom. The molecule has 1 aliphatic heterocycles. The molecule has 0 bridgehead atoms. The first-order valence-electron chi connectivity index (χ1n) is 8.79. The molecule has 6 nitrogen and oxygen atoms in total. The van der Waals surface area contributed by atoms with Crippen LogP contribution in [0.3, 0.4) is 0 Å². The maximum atomic E-state index is 12.8. The predicted molar refractivity (Wildman–Crippen MR) is 95.8 cm³/mol. The summed E-state index contributed by atoms with van der Waals surface area (Å²) in [4.78, 5) is 26.0. The van der Waals surface area contributed by atoms with Gasteiger partial charge in [0, 0.05) is 44.4 Å². The first kappa shape index (κ1) is 17.0. The topological polar surface area (TPSA) is 82.8 Å². The lowest BCUT2D eigenvalue weighted by Crippen LogP contribution is -2.31. The van der Waals surface area contributed by atoms with Crippen molar-refractivity contribution in [3.05, 3.63) is 70.1 Å². The molecule has 2 fully saturated rings. The summed E-state index contributed by atoms with van der Waals surface area (Å²) in [6.07, 6.45) is 0.842. The highest BCUT2D eigenvalue weighted by Gasteiger charge is 2.71. The number of carbonyl (C=O) groups excluding carboxylic acids is 1. The van der Waals surface area contributed by atoms with Gasteiger partial charge in [0.05, 0.1) is 11.7 Å². The van der Waals surface area contributed by atoms with Crippen LogP contribution in [-0.2, 0) is 7.05 Å². The van der Waals surface area contributed by atoms with E-state index in [0.717, 1.165) is 5.56 Å². The van der Waals surface area contributed by atoms with E-state index in [-0.39, 0.29) is 36.5 Å². The number of aliphatic hydroxyl groups excluding tert-OH is 2. The summed E-state index contributed by atoms with van der Waals surface area (Å²) in [6, 6.07) is 12.7. The highest BCUT2D eigenvalue weighted by Crippen LogP contribution is 2.68. The first-order chi connectivity index (χ1) is 12.5. The Bertz CT molecular complexity index is 894. The van der Waals surface area contributed by atoms with Crippen LogP contribution in [0.4, 0.5) is 0 Å². The molecule has 0 unspecified atom stereocenters. The quantitative estimate of drug-likeness (QED) is 0.845. The van der Waals surface area contributed by atoms with Crippen molar-refractivity contribution in [2.24, 2.45) is 18.4 Å². The molecule has 1 saturated heterocycles. The summed E-state index contributed by atoms with van der Waals surface area (Å²) in [6.45, 7) is 0.626. The third-order valence-corrected chi connectivity index (χ3v) is 6.02. The number of aromatic nitrogens is 1. The van der Waals surface area contributed by atoms with Crippen LogP contribution in [0.15, 0.2) is 53.5 Å². The number of hydrogen-bond donors (Lipinski definition) is 2. The minimum atomic E-state index is -0.679. The van der Waals surface area contributed by atoms with Crippen LogP contribution in [0.5, 0.6) is 0 Å². The number of β-amino-alcohol motifs (C(OH)–C–C–N with tert-alkyl or cyclic N) is 1. The van der Waals surface area contributed by atoms with E-state index in [1.54, 1.807) is 11.9 Å². The zero-order valence-corrected chi connectivity index (χ0v) is 14.6. The lowest BCUT2D eigenvalue weighted by Gasteiger charge is -2.17. The Kier molecular flexibility index (Phi) is 3.97. The molecule has 4 atom stereocenters. The molecule has 2 heterocycles. The van der Waals surface area contributed by atoms with E-state index in [1.165, 1.54) is 22.9 Å². The van der Waals surface area contributed by atoms with Crippen molar-refractivity contribution in [2.75, 3.05) is 19.7 Å². The lowest BCUT2D eigenvalue weighted by molar-refractivity contribution is 0.0763. The van der Waals surface area contributed by atoms with Crippen LogP contribution in [0.25, 0.3) is 0 Å². The third kappa shape index (κ3) is 2.40. The van der Waals surface area contributed by atoms with Crippen molar-refractivity contribution >= 4 is 5.91 Å². The van der Waals surface area contributed by atoms with E-state index < -0.39 is 11.5 Å². The zero-order valence-electron chi connectivity index (χ0n) is 14.6. The molecule has 1 saturated carbocycles. The normalized spacial score (nSPS) is 30.0. The maximum Gasteiger partial charge on any atom is 0.255 e. The predicted octanol–water partition coefficient (Wildman–Crippen LogP) is 0.594. The van der Waals surface area contributed by atoms with Crippen molar-refractivity contribution in [3.63, 3.8) is 0 Å². The van der Waals surface area contributed by atoms with Crippen LogP contribution in [0.1, 0.15) is 21.8 Å². The monoisotopic (exact) mass is 354 g/mol. The number of amides is 1. The van der Waals surface area contributed by atoms with Crippen LogP contribution < -0.4 is 5.56 Å². The summed E-state index contributed by atoms with van der Waals surface area (Å²) in [7, 11) is 1.60. The largest absolute Gasteiger partial charge is 0.396 e. The van der Waals surface area contributed by atoms with Crippen molar-refractivity contribution in [3.8, 4) is 0 Å². The molecule has 1 amide bonds. The van der Waals surface area contributed by atoms with Crippen molar-refractivity contribution in [1.82, 2.24) is 9.47 Å². The molecule has 2 aliphatic rings. The molecule has 26 heavy (non-hydrogen) atoms. The van der Waals surface area contributed by atoms with Gasteiger partial charge in [0.15, 0.2) is 0 Å². The molecule has 0 radical (unpaired) electrons. The number of benzene rings is 1. The summed E-state index contributed by atoms with van der Waals surface area (Å²) in [5.74, 6) is -0.216. The fourth-order valence-corrected chi connectivity index (χ4v) is 4.63. The number of likely N-dealkylation sites (tertiary alicyclic amines) is 1. The molecule has 2 aromatic rings. The molecule has 4 rings (SSSR count). The molecule has 136 valence electrons. The van der Waals surface area contributed by atoms with Crippen molar-refractivity contribution in [2.45, 2.75) is 12.0 Å². The molecule has 6 heteroatoms. The van der Waals surface area contributed by atoms with Gasteiger partial charge in [-0.3, -0.25) is 9.59 Å². The Hall–Kier alpha value is -2.44. The second kappa shape index (κ2) is 6.07. The van der Waals surface area contributed by atoms with Crippen LogP contribution in [0, 0.1) is 11.3 Å². The van der Waals surface area contributed by atoms with Crippen LogP contribution in [0.2, 0.25) is 0 Å². The Labute approximate surface area is 151 Å². The second-order valence-corrected chi connectivity index (χ2v) is 7.36. The van der Waals surface area contributed by atoms with E-state index in [0.29, 0.717) is 12.1 Å². The molecule has 1 aromatic heterocycles. The Morgan fingerprint density at radius 2 is 1.96 bits per heavy atom. The van der Waals surface area contributed by atoms with Gasteiger partial charge in [-0.1, -0.05) is 30.3 Å². The summed E-state index contributed by atoms with van der Waals surface area (Å²) in [5.41, 5.74) is 0.842. The van der Waals surface area contributed by atoms with E-state index >= 15 is 0 Å². The minimum absolute atomic E-state index is 0.0154. The van der Waals surface area contributed by atoms with Gasteiger partial charge in [-0.25, -0.2) is 0 Å². The van der Waals surface area contributed by atoms with Crippen molar-refractivity contribution in [1.29, 1.82) is 0 Å². The van der Waals surface area contributed by atoms with E-state index in [9.17, 15) is 19.8 Å². The van der Waals surface area contributed by atoms with Gasteiger partial charge in [-0.05, 0) is 23.5 Å². The van der Waals surface area contributed by atoms with Gasteiger partial charge in [0.1, 0.15) is 0 Å². The van der Waals surface area contributed by atoms with Gasteiger partial charge in [0.2, 0.25) is 5.56 Å². The smallest absolute Gasteiger partial charge is 0.255 e. The maximum absolute atomic E-state index is 12.8. The summed E-state index contributed by atoms with van der Waals surface area (Å²) >= 11 is 0. The molecule has 1 spiro atoms. The zero-order chi connectivity index (χ0) is 18.5. The summed E-state index contributed by atoms with van der Waals surface area (Å²) < 4.78 is 1.37. The average molecular weight is 354 g/mol. The number of hydrogen-bond acceptors (Lipinski definition) is 4. The number of rotatable bonds is 3. The fourth-order valence-electron chi connectivity index (χ4n) is 4.63. The first-order valence-corrected chi connectivity index (χ1v) is 8.79. The van der Waals surface area contributed by atoms with Gasteiger partial charge in [-0.15, -0.1) is 0 Å². The number of aliphatic hydroxyl groups is 2. The Morgan fingerprint density at radius 1 is 1.23 bits per heavy atom. The molecular formula is C20H22N2O4. The van der Waals surface area contributed by atoms with Crippen LogP contribution in [-0.4, -0.2) is 51.4 Å². The van der Waals surface area contributed by atoms with Crippen molar-refractivity contribution < 1.29 is 15.0 Å². The number of carbonyl (C=O) groups is 1. The molecular weight excluding hydrogens is 332 g/mol. The summed E-state index contributed by atoms with van der Waals surface area (Å²) in [5, 5.41) is 20.6. The minimum Gasteiger partial charge on any atom is -0.396 e. The highest BCUT2D eigenvalue weighted by atomic mass is 16.3. The highest BCUT2D eigenvalue weighted by molar-refractivity contribution is 5.94. The van der Waals surface area contributed by atoms with Gasteiger partial charge >= 0.3 is 0 Å². The molecule has 1 aromatic carbocycles. The second-order valence-electron chi connectivity index (χ2n) is 7.36. The number of pyridine rings is 1. The third-order valence-electron chi connectivity index (χ3n) is 6.02. The number of aryl methyl sites for hydroxylation is 1. The van der Waals surface area contributed by atoms with E-state index in [2.05, 4.69) is 0 Å². The molecule has 2 N–H and O–H groups in total. The van der Waals surface area contributed by atoms with E-state index in [4.69, 9.17) is 0 Å². The Balaban J connectivity index is 1.60. The fraction of sp³-hybridized carbons (Fsp3) is 0.400. The van der Waals surface area contributed by atoms with Crippen LogP contribution >= 0.6 is 0 Å². The number of nitrogens with zero attached hydrogens (tertiary/aromatic N) is 2. The SMILES string of the molecule is Cn1cc(C(=O)N2C[C@H](O)[C@@]3(C2)[C@H](CO)[C@H]3c2ccccc2)ccc1=O. The van der Waals surface area contributed by atoms with E-state index in [1.807, 2.05) is 30.3 Å². The molecule has 1 aliphatic carbocycles.